The van der Waals surface area contributed by atoms with Gasteiger partial charge in [0.2, 0.25) is 5.91 Å². The lowest BCUT2D eigenvalue weighted by Gasteiger charge is -2.13. The standard InChI is InChI=1S/C24H23FN4O3S/c1-14(2)12-29-23(19-6-4-5-7-20(19)25)27-28-24(29)33-13-16-10-22(31)32-21-11-17(26-15(3)30)8-9-18(16)21/h4-11,14H,12-13H2,1-3H3,(H,26,30). The molecule has 0 saturated heterocycles. The zero-order valence-corrected chi connectivity index (χ0v) is 19.3. The number of anilines is 1. The second-order valence-electron chi connectivity index (χ2n) is 8.06. The molecule has 0 unspecified atom stereocenters. The molecule has 2 aromatic heterocycles. The van der Waals surface area contributed by atoms with E-state index in [1.54, 1.807) is 30.3 Å². The minimum atomic E-state index is -0.478. The number of hydrogen-bond acceptors (Lipinski definition) is 6. The van der Waals surface area contributed by atoms with E-state index < -0.39 is 5.63 Å². The van der Waals surface area contributed by atoms with E-state index in [2.05, 4.69) is 29.4 Å². The van der Waals surface area contributed by atoms with E-state index in [0.29, 0.717) is 46.0 Å². The Kier molecular flexibility index (Phi) is 6.60. The molecule has 33 heavy (non-hydrogen) atoms. The molecule has 7 nitrogen and oxygen atoms in total. The summed E-state index contributed by atoms with van der Waals surface area (Å²) in [6, 6.07) is 13.1. The molecule has 1 N–H and O–H groups in total. The summed E-state index contributed by atoms with van der Waals surface area (Å²) in [4.78, 5) is 23.5. The molecule has 4 aromatic rings. The molecule has 170 valence electrons. The van der Waals surface area contributed by atoms with Crippen molar-refractivity contribution in [1.82, 2.24) is 14.8 Å². The third-order valence-corrected chi connectivity index (χ3v) is 5.90. The van der Waals surface area contributed by atoms with Gasteiger partial charge in [0.1, 0.15) is 11.4 Å². The van der Waals surface area contributed by atoms with Crippen molar-refractivity contribution in [3.8, 4) is 11.4 Å². The number of hydrogen-bond donors (Lipinski definition) is 1. The first-order valence-corrected chi connectivity index (χ1v) is 11.5. The molecule has 2 aromatic carbocycles. The van der Waals surface area contributed by atoms with Crippen molar-refractivity contribution in [2.45, 2.75) is 38.2 Å². The molecule has 0 saturated carbocycles. The maximum atomic E-state index is 14.4. The van der Waals surface area contributed by atoms with Gasteiger partial charge in [-0.1, -0.05) is 37.7 Å². The lowest BCUT2D eigenvalue weighted by atomic mass is 10.1. The van der Waals surface area contributed by atoms with Crippen molar-refractivity contribution in [3.05, 3.63) is 70.3 Å². The van der Waals surface area contributed by atoms with Crippen molar-refractivity contribution in [2.24, 2.45) is 5.92 Å². The van der Waals surface area contributed by atoms with E-state index in [1.165, 1.54) is 30.8 Å². The number of benzene rings is 2. The first-order chi connectivity index (χ1) is 15.8. The molecule has 2 heterocycles. The van der Waals surface area contributed by atoms with Crippen LogP contribution in [-0.2, 0) is 17.1 Å². The molecule has 0 atom stereocenters. The van der Waals surface area contributed by atoms with Gasteiger partial charge in [-0.05, 0) is 35.7 Å². The van der Waals surface area contributed by atoms with E-state index in [-0.39, 0.29) is 11.7 Å². The number of carbonyl (C=O) groups is 1. The van der Waals surface area contributed by atoms with Crippen molar-refractivity contribution < 1.29 is 13.6 Å². The van der Waals surface area contributed by atoms with Crippen molar-refractivity contribution in [2.75, 3.05) is 5.32 Å². The van der Waals surface area contributed by atoms with Gasteiger partial charge in [-0.15, -0.1) is 10.2 Å². The molecule has 0 aliphatic carbocycles. The highest BCUT2D eigenvalue weighted by Gasteiger charge is 2.18. The highest BCUT2D eigenvalue weighted by molar-refractivity contribution is 7.98. The summed E-state index contributed by atoms with van der Waals surface area (Å²) in [5, 5.41) is 12.7. The zero-order chi connectivity index (χ0) is 23.5. The summed E-state index contributed by atoms with van der Waals surface area (Å²) < 4.78 is 21.7. The Labute approximate surface area is 194 Å². The number of nitrogens with one attached hydrogen (secondary N) is 1. The molecule has 4 rings (SSSR count). The summed E-state index contributed by atoms with van der Waals surface area (Å²) in [5.41, 5.74) is 1.63. The van der Waals surface area contributed by atoms with Gasteiger partial charge in [0.25, 0.3) is 0 Å². The summed E-state index contributed by atoms with van der Waals surface area (Å²) >= 11 is 1.42. The summed E-state index contributed by atoms with van der Waals surface area (Å²) in [7, 11) is 0. The number of rotatable bonds is 7. The Balaban J connectivity index is 1.67. The molecule has 0 spiro atoms. The summed E-state index contributed by atoms with van der Waals surface area (Å²) in [6.45, 7) is 6.18. The Morgan fingerprint density at radius 2 is 1.97 bits per heavy atom. The zero-order valence-electron chi connectivity index (χ0n) is 18.5. The Morgan fingerprint density at radius 1 is 1.18 bits per heavy atom. The van der Waals surface area contributed by atoms with Crippen molar-refractivity contribution in [3.63, 3.8) is 0 Å². The molecule has 0 aliphatic rings. The fourth-order valence-electron chi connectivity index (χ4n) is 3.54. The fraction of sp³-hybridized carbons (Fsp3) is 0.250. The number of nitrogens with zero attached hydrogens (tertiary/aromatic N) is 3. The first-order valence-electron chi connectivity index (χ1n) is 10.5. The molecular weight excluding hydrogens is 443 g/mol. The SMILES string of the molecule is CC(=O)Nc1ccc2c(CSc3nnc(-c4ccccc4F)n3CC(C)C)cc(=O)oc2c1. The van der Waals surface area contributed by atoms with E-state index in [9.17, 15) is 14.0 Å². The summed E-state index contributed by atoms with van der Waals surface area (Å²) in [5.74, 6) is 0.644. The number of amides is 1. The van der Waals surface area contributed by atoms with Gasteiger partial charge in [0.15, 0.2) is 11.0 Å². The molecule has 0 bridgehead atoms. The maximum Gasteiger partial charge on any atom is 0.336 e. The average molecular weight is 467 g/mol. The van der Waals surface area contributed by atoms with Crippen LogP contribution in [0, 0.1) is 11.7 Å². The smallest absolute Gasteiger partial charge is 0.336 e. The van der Waals surface area contributed by atoms with E-state index in [0.717, 1.165) is 10.9 Å². The molecule has 0 aliphatic heterocycles. The quantitative estimate of drug-likeness (QED) is 0.301. The van der Waals surface area contributed by atoms with Crippen LogP contribution in [0.2, 0.25) is 0 Å². The lowest BCUT2D eigenvalue weighted by molar-refractivity contribution is -0.114. The van der Waals surface area contributed by atoms with Gasteiger partial charge < -0.3 is 14.3 Å². The minimum Gasteiger partial charge on any atom is -0.423 e. The number of aromatic nitrogens is 3. The van der Waals surface area contributed by atoms with Crippen LogP contribution in [0.25, 0.3) is 22.4 Å². The first kappa shape index (κ1) is 22.7. The molecule has 1 amide bonds. The molecule has 0 radical (unpaired) electrons. The van der Waals surface area contributed by atoms with E-state index in [1.807, 2.05) is 10.6 Å². The van der Waals surface area contributed by atoms with Crippen LogP contribution in [0.1, 0.15) is 26.3 Å². The topological polar surface area (TPSA) is 90.0 Å². The van der Waals surface area contributed by atoms with Crippen LogP contribution in [0.15, 0.2) is 62.9 Å². The van der Waals surface area contributed by atoms with Gasteiger partial charge in [0, 0.05) is 42.4 Å². The Morgan fingerprint density at radius 3 is 2.70 bits per heavy atom. The van der Waals surface area contributed by atoms with Gasteiger partial charge in [-0.25, -0.2) is 9.18 Å². The van der Waals surface area contributed by atoms with E-state index in [4.69, 9.17) is 4.42 Å². The minimum absolute atomic E-state index is 0.210. The van der Waals surface area contributed by atoms with Crippen LogP contribution < -0.4 is 10.9 Å². The molecule has 9 heteroatoms. The highest BCUT2D eigenvalue weighted by atomic mass is 32.2. The van der Waals surface area contributed by atoms with Crippen LogP contribution in [-0.4, -0.2) is 20.7 Å². The highest BCUT2D eigenvalue weighted by Crippen LogP contribution is 2.31. The van der Waals surface area contributed by atoms with Crippen LogP contribution in [0.3, 0.4) is 0 Å². The van der Waals surface area contributed by atoms with Gasteiger partial charge in [-0.2, -0.15) is 0 Å². The number of halogens is 1. The molecular formula is C24H23FN4O3S. The van der Waals surface area contributed by atoms with Crippen molar-refractivity contribution in [1.29, 1.82) is 0 Å². The Bertz CT molecular complexity index is 1380. The van der Waals surface area contributed by atoms with E-state index >= 15 is 0 Å². The predicted molar refractivity (Wildman–Crippen MR) is 127 cm³/mol. The monoisotopic (exact) mass is 466 g/mol. The number of carbonyl (C=O) groups excluding carboxylic acids is 1. The van der Waals surface area contributed by atoms with Gasteiger partial charge >= 0.3 is 5.63 Å². The Hall–Kier alpha value is -3.46. The van der Waals surface area contributed by atoms with Crippen LogP contribution in [0.5, 0.6) is 0 Å². The second kappa shape index (κ2) is 9.58. The summed E-state index contributed by atoms with van der Waals surface area (Å²) in [6.07, 6.45) is 0. The van der Waals surface area contributed by atoms with Crippen LogP contribution in [0.4, 0.5) is 10.1 Å². The number of thioether (sulfide) groups is 1. The fourth-order valence-corrected chi connectivity index (χ4v) is 4.48. The largest absolute Gasteiger partial charge is 0.423 e. The normalized spacial score (nSPS) is 11.3. The average Bonchev–Trinajstić information content (AvgIpc) is 3.13. The van der Waals surface area contributed by atoms with Crippen molar-refractivity contribution >= 4 is 34.3 Å². The number of fused-ring (bicyclic) bond motifs is 1. The van der Waals surface area contributed by atoms with Gasteiger partial charge in [-0.3, -0.25) is 4.79 Å². The maximum absolute atomic E-state index is 14.4. The third-order valence-electron chi connectivity index (χ3n) is 4.89. The lowest BCUT2D eigenvalue weighted by Crippen LogP contribution is -2.08. The van der Waals surface area contributed by atoms with Crippen LogP contribution >= 0.6 is 11.8 Å². The predicted octanol–water partition coefficient (Wildman–Crippen LogP) is 5.10. The van der Waals surface area contributed by atoms with Gasteiger partial charge in [0.05, 0.1) is 5.56 Å². The second-order valence-corrected chi connectivity index (χ2v) is 9.00. The third kappa shape index (κ3) is 5.14. The molecule has 0 fully saturated rings.